The minimum Gasteiger partial charge on any atom is -0.396 e. The summed E-state index contributed by atoms with van der Waals surface area (Å²) in [5.41, 5.74) is 2.91. The summed E-state index contributed by atoms with van der Waals surface area (Å²) in [5, 5.41) is 9.73. The Kier molecular flexibility index (Phi) is 8.37. The normalized spacial score (nSPS) is 29.4. The fraction of sp³-hybridized carbons (Fsp3) is 0.457. The van der Waals surface area contributed by atoms with E-state index in [1.165, 1.54) is 0 Å². The summed E-state index contributed by atoms with van der Waals surface area (Å²) in [4.78, 5) is 51.1. The molecule has 232 valence electrons. The number of fused-ring (bicyclic) bond motifs is 2. The van der Waals surface area contributed by atoms with Crippen molar-refractivity contribution in [2.75, 3.05) is 49.1 Å². The van der Waals surface area contributed by atoms with Crippen LogP contribution < -0.4 is 9.80 Å². The van der Waals surface area contributed by atoms with Crippen LogP contribution in [0.3, 0.4) is 0 Å². The zero-order chi connectivity index (χ0) is 31.1. The van der Waals surface area contributed by atoms with Crippen LogP contribution in [0, 0.1) is 11.8 Å². The van der Waals surface area contributed by atoms with Gasteiger partial charge in [0.05, 0.1) is 16.6 Å². The molecular formula is C35H42N4O4S. The van der Waals surface area contributed by atoms with Gasteiger partial charge in [0.15, 0.2) is 0 Å². The smallest absolute Gasteiger partial charge is 0.251 e. The Labute approximate surface area is 264 Å². The minimum absolute atomic E-state index is 0.0548. The van der Waals surface area contributed by atoms with Gasteiger partial charge in [-0.15, -0.1) is 11.8 Å². The van der Waals surface area contributed by atoms with Crippen molar-refractivity contribution in [1.82, 2.24) is 9.80 Å². The largest absolute Gasteiger partial charge is 0.396 e. The summed E-state index contributed by atoms with van der Waals surface area (Å²) in [6.07, 6.45) is 8.55. The van der Waals surface area contributed by atoms with E-state index in [2.05, 4.69) is 30.9 Å². The number of anilines is 2. The maximum atomic E-state index is 14.7. The zero-order valence-corrected chi connectivity index (χ0v) is 26.6. The van der Waals surface area contributed by atoms with Crippen LogP contribution in [-0.4, -0.2) is 87.5 Å². The van der Waals surface area contributed by atoms with E-state index in [4.69, 9.17) is 0 Å². The Balaban J connectivity index is 1.38. The molecule has 0 saturated carbocycles. The first-order valence-corrected chi connectivity index (χ1v) is 16.6. The number of rotatable bonds is 9. The minimum atomic E-state index is -0.908. The van der Waals surface area contributed by atoms with E-state index in [1.54, 1.807) is 21.6 Å². The van der Waals surface area contributed by atoms with Crippen molar-refractivity contribution in [2.24, 2.45) is 11.8 Å². The van der Waals surface area contributed by atoms with Crippen molar-refractivity contribution in [3.05, 3.63) is 84.5 Å². The second kappa shape index (κ2) is 12.1. The molecule has 4 heterocycles. The molecule has 1 spiro atoms. The molecule has 2 saturated heterocycles. The molecule has 1 unspecified atom stereocenters. The Morgan fingerprint density at radius 2 is 1.59 bits per heavy atom. The monoisotopic (exact) mass is 614 g/mol. The number of amides is 3. The predicted octanol–water partition coefficient (Wildman–Crippen LogP) is 4.10. The second-order valence-corrected chi connectivity index (χ2v) is 14.0. The Morgan fingerprint density at radius 3 is 2.27 bits per heavy atom. The van der Waals surface area contributed by atoms with Gasteiger partial charge in [-0.25, -0.2) is 0 Å². The molecule has 9 heteroatoms. The second-order valence-electron chi connectivity index (χ2n) is 12.3. The van der Waals surface area contributed by atoms with Crippen LogP contribution in [0.1, 0.15) is 32.8 Å². The molecule has 0 bridgehead atoms. The summed E-state index contributed by atoms with van der Waals surface area (Å²) >= 11 is 1.59. The Bertz CT molecular complexity index is 1460. The molecule has 4 aliphatic rings. The third-order valence-electron chi connectivity index (χ3n) is 9.70. The molecule has 3 amide bonds. The summed E-state index contributed by atoms with van der Waals surface area (Å²) < 4.78 is -1.57. The highest BCUT2D eigenvalue weighted by atomic mass is 32.2. The van der Waals surface area contributed by atoms with Gasteiger partial charge in [0.1, 0.15) is 6.04 Å². The number of likely N-dealkylation sites (tertiary alicyclic amines) is 1. The summed E-state index contributed by atoms with van der Waals surface area (Å²) in [6, 6.07) is 17.2. The average molecular weight is 615 g/mol. The molecule has 6 rings (SSSR count). The first-order chi connectivity index (χ1) is 21.3. The molecule has 2 fully saturated rings. The highest BCUT2D eigenvalue weighted by molar-refractivity contribution is 8.02. The number of nitrogens with zero attached hydrogens (tertiary/aromatic N) is 4. The zero-order valence-electron chi connectivity index (χ0n) is 25.8. The van der Waals surface area contributed by atoms with Crippen molar-refractivity contribution in [3.8, 4) is 0 Å². The SMILES string of the molecule is CCN(CC)c1ccc(N2CC=C[C@]34S[C@]5(C)C=CCN(Cc6ccccc6)C(=O)[C@@H]5[C@H]3C(=O)N(CCCO)C4C2=O)cc1. The Morgan fingerprint density at radius 1 is 0.886 bits per heavy atom. The van der Waals surface area contributed by atoms with Crippen LogP contribution in [0.15, 0.2) is 78.9 Å². The first-order valence-electron chi connectivity index (χ1n) is 15.7. The van der Waals surface area contributed by atoms with Crippen molar-refractivity contribution >= 4 is 40.9 Å². The van der Waals surface area contributed by atoms with E-state index in [-0.39, 0.29) is 30.9 Å². The van der Waals surface area contributed by atoms with Crippen LogP contribution in [0.2, 0.25) is 0 Å². The lowest BCUT2D eigenvalue weighted by molar-refractivity contribution is -0.144. The molecule has 5 atom stereocenters. The molecule has 0 radical (unpaired) electrons. The fourth-order valence-electron chi connectivity index (χ4n) is 7.66. The number of aliphatic hydroxyl groups is 1. The third kappa shape index (κ3) is 4.94. The molecule has 44 heavy (non-hydrogen) atoms. The molecule has 4 aliphatic heterocycles. The van der Waals surface area contributed by atoms with Crippen molar-refractivity contribution in [3.63, 3.8) is 0 Å². The number of carbonyl (C=O) groups excluding carboxylic acids is 3. The van der Waals surface area contributed by atoms with Gasteiger partial charge in [0, 0.05) is 62.0 Å². The van der Waals surface area contributed by atoms with Crippen LogP contribution in [-0.2, 0) is 20.9 Å². The van der Waals surface area contributed by atoms with E-state index in [0.29, 0.717) is 26.1 Å². The lowest BCUT2D eigenvalue weighted by Crippen LogP contribution is -2.53. The quantitative estimate of drug-likeness (QED) is 0.429. The molecule has 2 aromatic rings. The van der Waals surface area contributed by atoms with Gasteiger partial charge in [-0.2, -0.15) is 0 Å². The van der Waals surface area contributed by atoms with Crippen molar-refractivity contribution < 1.29 is 19.5 Å². The predicted molar refractivity (Wildman–Crippen MR) is 175 cm³/mol. The van der Waals surface area contributed by atoms with Crippen LogP contribution >= 0.6 is 11.8 Å². The molecular weight excluding hydrogens is 572 g/mol. The standard InChI is InChI=1S/C35H42N4O4S/c1-4-36(5-2)26-14-16-27(17-15-26)38-21-10-19-35-29(32(42)39(22-11-23-40)30(35)33(38)43)28-31(41)37(20-9-18-34(28,3)44-35)24-25-12-7-6-8-13-25/h6-10,12-19,28-30,40H,4-5,11,20-24H2,1-3H3/t28-,29-,30?,34+,35-/m0/s1. The summed E-state index contributed by atoms with van der Waals surface area (Å²) in [7, 11) is 0. The maximum absolute atomic E-state index is 14.7. The number of hydrogen-bond donors (Lipinski definition) is 1. The summed E-state index contributed by atoms with van der Waals surface area (Å²) in [5.74, 6) is -1.70. The van der Waals surface area contributed by atoms with Crippen LogP contribution in [0.5, 0.6) is 0 Å². The topological polar surface area (TPSA) is 84.4 Å². The number of aliphatic hydroxyl groups excluding tert-OH is 1. The number of carbonyl (C=O) groups is 3. The number of thioether (sulfide) groups is 1. The molecule has 2 aromatic carbocycles. The molecule has 1 N–H and O–H groups in total. The third-order valence-corrected chi connectivity index (χ3v) is 11.5. The maximum Gasteiger partial charge on any atom is 0.251 e. The highest BCUT2D eigenvalue weighted by Gasteiger charge is 2.73. The van der Waals surface area contributed by atoms with E-state index in [9.17, 15) is 19.5 Å². The molecule has 0 aromatic heterocycles. The first kappa shape index (κ1) is 30.5. The lowest BCUT2D eigenvalue weighted by atomic mass is 9.74. The van der Waals surface area contributed by atoms with Crippen molar-refractivity contribution in [1.29, 1.82) is 0 Å². The number of benzene rings is 2. The van der Waals surface area contributed by atoms with Gasteiger partial charge >= 0.3 is 0 Å². The van der Waals surface area contributed by atoms with Crippen molar-refractivity contribution in [2.45, 2.75) is 49.3 Å². The fourth-order valence-corrected chi connectivity index (χ4v) is 9.82. The van der Waals surface area contributed by atoms with Gasteiger partial charge in [0.2, 0.25) is 11.8 Å². The van der Waals surface area contributed by atoms with Gasteiger partial charge in [-0.3, -0.25) is 14.4 Å². The van der Waals surface area contributed by atoms with Gasteiger partial charge < -0.3 is 24.7 Å². The van der Waals surface area contributed by atoms with E-state index >= 15 is 0 Å². The van der Waals surface area contributed by atoms with Crippen LogP contribution in [0.4, 0.5) is 11.4 Å². The van der Waals surface area contributed by atoms with E-state index < -0.39 is 27.4 Å². The highest BCUT2D eigenvalue weighted by Crippen LogP contribution is 2.65. The molecule has 0 aliphatic carbocycles. The van der Waals surface area contributed by atoms with E-state index in [1.807, 2.05) is 78.6 Å². The van der Waals surface area contributed by atoms with Gasteiger partial charge in [-0.1, -0.05) is 54.6 Å². The van der Waals surface area contributed by atoms with Gasteiger partial charge in [-0.05, 0) is 57.0 Å². The Hall–Kier alpha value is -3.56. The lowest BCUT2D eigenvalue weighted by Gasteiger charge is -2.37. The number of hydrogen-bond acceptors (Lipinski definition) is 6. The van der Waals surface area contributed by atoms with E-state index in [0.717, 1.165) is 30.0 Å². The molecule has 8 nitrogen and oxygen atoms in total. The average Bonchev–Trinajstić information content (AvgIpc) is 3.30. The summed E-state index contributed by atoms with van der Waals surface area (Å²) in [6.45, 7) is 9.54. The van der Waals surface area contributed by atoms with Crippen LogP contribution in [0.25, 0.3) is 0 Å². The van der Waals surface area contributed by atoms with Gasteiger partial charge in [0.25, 0.3) is 5.91 Å².